The minimum Gasteiger partial charge on any atom is -0.394 e. The molecule has 2 N–H and O–H groups in total. The fraction of sp³-hybridized carbons (Fsp3) is 0.300. The zero-order valence-electron chi connectivity index (χ0n) is 9.01. The molecule has 0 bridgehead atoms. The van der Waals surface area contributed by atoms with Crippen LogP contribution in [0.25, 0.3) is 0 Å². The number of aliphatic hydroxyl groups is 1. The van der Waals surface area contributed by atoms with E-state index in [-0.39, 0.29) is 22.9 Å². The molecular formula is C10H11ClN2O4. The second-order valence-corrected chi connectivity index (χ2v) is 3.89. The molecule has 17 heavy (non-hydrogen) atoms. The number of hydrogen-bond donors (Lipinski definition) is 2. The number of nitro benzene ring substituents is 1. The van der Waals surface area contributed by atoms with Crippen LogP contribution in [0.1, 0.15) is 17.3 Å². The van der Waals surface area contributed by atoms with E-state index in [1.165, 1.54) is 12.1 Å². The van der Waals surface area contributed by atoms with Gasteiger partial charge in [0, 0.05) is 18.2 Å². The van der Waals surface area contributed by atoms with Gasteiger partial charge in [0.25, 0.3) is 11.6 Å². The van der Waals surface area contributed by atoms with Crippen LogP contribution in [0.5, 0.6) is 0 Å². The fourth-order valence-electron chi connectivity index (χ4n) is 1.15. The van der Waals surface area contributed by atoms with Crippen molar-refractivity contribution in [2.45, 2.75) is 13.0 Å². The quantitative estimate of drug-likeness (QED) is 0.630. The molecule has 0 aliphatic carbocycles. The van der Waals surface area contributed by atoms with E-state index in [9.17, 15) is 14.9 Å². The highest BCUT2D eigenvalue weighted by Gasteiger charge is 2.16. The SMILES string of the molecule is C[C@H](CO)NC(=O)c1cc([N+](=O)[O-])ccc1Cl. The van der Waals surface area contributed by atoms with E-state index in [1.54, 1.807) is 6.92 Å². The molecule has 0 saturated carbocycles. The fourth-order valence-corrected chi connectivity index (χ4v) is 1.35. The molecule has 92 valence electrons. The van der Waals surface area contributed by atoms with Crippen LogP contribution in [-0.2, 0) is 0 Å². The van der Waals surface area contributed by atoms with Gasteiger partial charge < -0.3 is 10.4 Å². The Kier molecular flexibility index (Phi) is 4.42. The summed E-state index contributed by atoms with van der Waals surface area (Å²) in [5.74, 6) is -0.555. The lowest BCUT2D eigenvalue weighted by Crippen LogP contribution is -2.35. The Morgan fingerprint density at radius 1 is 1.65 bits per heavy atom. The van der Waals surface area contributed by atoms with Crippen molar-refractivity contribution in [2.75, 3.05) is 6.61 Å². The third-order valence-electron chi connectivity index (χ3n) is 2.06. The second kappa shape index (κ2) is 5.60. The van der Waals surface area contributed by atoms with E-state index in [4.69, 9.17) is 16.7 Å². The van der Waals surface area contributed by atoms with Gasteiger partial charge >= 0.3 is 0 Å². The zero-order valence-corrected chi connectivity index (χ0v) is 9.77. The predicted octanol–water partition coefficient (Wildman–Crippen LogP) is 1.36. The Bertz CT molecular complexity index is 450. The van der Waals surface area contributed by atoms with Gasteiger partial charge in [-0.1, -0.05) is 11.6 Å². The van der Waals surface area contributed by atoms with Gasteiger partial charge in [0.15, 0.2) is 0 Å². The lowest BCUT2D eigenvalue weighted by atomic mass is 10.1. The average molecular weight is 259 g/mol. The van der Waals surface area contributed by atoms with Gasteiger partial charge in [0.05, 0.1) is 22.1 Å². The van der Waals surface area contributed by atoms with Gasteiger partial charge in [-0.15, -0.1) is 0 Å². The highest BCUT2D eigenvalue weighted by atomic mass is 35.5. The molecule has 0 spiro atoms. The molecule has 0 unspecified atom stereocenters. The summed E-state index contributed by atoms with van der Waals surface area (Å²) in [5, 5.41) is 21.9. The number of non-ortho nitro benzene ring substituents is 1. The summed E-state index contributed by atoms with van der Waals surface area (Å²) in [4.78, 5) is 21.6. The topological polar surface area (TPSA) is 92.5 Å². The van der Waals surface area contributed by atoms with Gasteiger partial charge in [0.1, 0.15) is 0 Å². The number of hydrogen-bond acceptors (Lipinski definition) is 4. The molecule has 0 fully saturated rings. The normalized spacial score (nSPS) is 11.9. The van der Waals surface area contributed by atoms with Crippen LogP contribution in [0.4, 0.5) is 5.69 Å². The third-order valence-corrected chi connectivity index (χ3v) is 2.39. The molecule has 7 heteroatoms. The van der Waals surface area contributed by atoms with Gasteiger partial charge in [-0.25, -0.2) is 0 Å². The van der Waals surface area contributed by atoms with Crippen LogP contribution in [0.3, 0.4) is 0 Å². The number of nitrogens with zero attached hydrogens (tertiary/aromatic N) is 1. The highest BCUT2D eigenvalue weighted by Crippen LogP contribution is 2.21. The smallest absolute Gasteiger partial charge is 0.270 e. The summed E-state index contributed by atoms with van der Waals surface area (Å²) in [6.45, 7) is 1.38. The van der Waals surface area contributed by atoms with Crippen LogP contribution in [0.2, 0.25) is 5.02 Å². The van der Waals surface area contributed by atoms with E-state index < -0.39 is 16.9 Å². The lowest BCUT2D eigenvalue weighted by Gasteiger charge is -2.11. The van der Waals surface area contributed by atoms with Gasteiger partial charge in [0.2, 0.25) is 0 Å². The first-order valence-corrected chi connectivity index (χ1v) is 5.19. The zero-order chi connectivity index (χ0) is 13.0. The minimum absolute atomic E-state index is 0.0150. The summed E-state index contributed by atoms with van der Waals surface area (Å²) in [6, 6.07) is 3.16. The molecule has 0 heterocycles. The summed E-state index contributed by atoms with van der Waals surface area (Å²) in [7, 11) is 0. The van der Waals surface area contributed by atoms with E-state index in [1.807, 2.05) is 0 Å². The number of carbonyl (C=O) groups is 1. The number of halogens is 1. The standard InChI is InChI=1S/C10H11ClN2O4/c1-6(5-14)12-10(15)8-4-7(13(16)17)2-3-9(8)11/h2-4,6,14H,5H2,1H3,(H,12,15)/t6-/m1/s1. The number of rotatable bonds is 4. The maximum Gasteiger partial charge on any atom is 0.270 e. The van der Waals surface area contributed by atoms with Crippen molar-refractivity contribution in [3.63, 3.8) is 0 Å². The molecule has 1 aromatic rings. The molecule has 0 aromatic heterocycles. The molecule has 1 atom stereocenters. The molecule has 1 amide bonds. The van der Waals surface area contributed by atoms with Crippen molar-refractivity contribution in [1.29, 1.82) is 0 Å². The highest BCUT2D eigenvalue weighted by molar-refractivity contribution is 6.33. The number of nitrogens with one attached hydrogen (secondary N) is 1. The molecule has 0 aliphatic heterocycles. The van der Waals surface area contributed by atoms with Crippen molar-refractivity contribution < 1.29 is 14.8 Å². The number of aliphatic hydroxyl groups excluding tert-OH is 1. The van der Waals surface area contributed by atoms with Crippen LogP contribution in [0, 0.1) is 10.1 Å². The molecule has 1 aromatic carbocycles. The molecule has 0 aliphatic rings. The summed E-state index contributed by atoms with van der Waals surface area (Å²) in [6.07, 6.45) is 0. The van der Waals surface area contributed by atoms with Gasteiger partial charge in [-0.05, 0) is 13.0 Å². The minimum atomic E-state index is -0.609. The van der Waals surface area contributed by atoms with Crippen LogP contribution >= 0.6 is 11.6 Å². The number of nitro groups is 1. The number of carbonyl (C=O) groups excluding carboxylic acids is 1. The van der Waals surface area contributed by atoms with Crippen molar-refractivity contribution in [1.82, 2.24) is 5.32 Å². The maximum atomic E-state index is 11.7. The van der Waals surface area contributed by atoms with E-state index in [0.717, 1.165) is 6.07 Å². The Balaban J connectivity index is 3.00. The maximum absolute atomic E-state index is 11.7. The third kappa shape index (κ3) is 3.40. The van der Waals surface area contributed by atoms with Crippen LogP contribution in [0.15, 0.2) is 18.2 Å². The van der Waals surface area contributed by atoms with E-state index in [0.29, 0.717) is 0 Å². The molecular weight excluding hydrogens is 248 g/mol. The Morgan fingerprint density at radius 3 is 2.82 bits per heavy atom. The molecule has 1 rings (SSSR count). The summed E-state index contributed by atoms with van der Waals surface area (Å²) in [5.41, 5.74) is -0.197. The van der Waals surface area contributed by atoms with E-state index >= 15 is 0 Å². The molecule has 6 nitrogen and oxygen atoms in total. The molecule has 0 saturated heterocycles. The lowest BCUT2D eigenvalue weighted by molar-refractivity contribution is -0.384. The first-order chi connectivity index (χ1) is 7.95. The second-order valence-electron chi connectivity index (χ2n) is 3.48. The van der Waals surface area contributed by atoms with Crippen LogP contribution in [-0.4, -0.2) is 28.6 Å². The van der Waals surface area contributed by atoms with Crippen molar-refractivity contribution in [3.05, 3.63) is 38.9 Å². The number of amides is 1. The van der Waals surface area contributed by atoms with E-state index in [2.05, 4.69) is 5.32 Å². The summed E-state index contributed by atoms with van der Waals surface area (Å²) < 4.78 is 0. The first-order valence-electron chi connectivity index (χ1n) is 4.81. The monoisotopic (exact) mass is 258 g/mol. The van der Waals surface area contributed by atoms with Gasteiger partial charge in [-0.3, -0.25) is 14.9 Å². The Labute approximate surface area is 102 Å². The Morgan fingerprint density at radius 2 is 2.29 bits per heavy atom. The van der Waals surface area contributed by atoms with Crippen molar-refractivity contribution in [3.8, 4) is 0 Å². The number of benzene rings is 1. The summed E-state index contributed by atoms with van der Waals surface area (Å²) >= 11 is 5.78. The van der Waals surface area contributed by atoms with Gasteiger partial charge in [-0.2, -0.15) is 0 Å². The largest absolute Gasteiger partial charge is 0.394 e. The Hall–Kier alpha value is -1.66. The van der Waals surface area contributed by atoms with Crippen molar-refractivity contribution >= 4 is 23.2 Å². The molecule has 0 radical (unpaired) electrons. The first kappa shape index (κ1) is 13.4. The predicted molar refractivity (Wildman–Crippen MR) is 62.1 cm³/mol. The van der Waals surface area contributed by atoms with Crippen molar-refractivity contribution in [2.24, 2.45) is 0 Å². The average Bonchev–Trinajstić information content (AvgIpc) is 2.28. The van der Waals surface area contributed by atoms with Crippen LogP contribution < -0.4 is 5.32 Å².